The van der Waals surface area contributed by atoms with Gasteiger partial charge in [-0.05, 0) is 24.5 Å². The highest BCUT2D eigenvalue weighted by atomic mass is 19.1. The molecule has 0 saturated heterocycles. The van der Waals surface area contributed by atoms with Gasteiger partial charge in [-0.3, -0.25) is 0 Å². The highest BCUT2D eigenvalue weighted by Crippen LogP contribution is 2.30. The van der Waals surface area contributed by atoms with Gasteiger partial charge in [0.25, 0.3) is 0 Å². The van der Waals surface area contributed by atoms with Gasteiger partial charge >= 0.3 is 0 Å². The van der Waals surface area contributed by atoms with Crippen molar-refractivity contribution in [3.05, 3.63) is 29.3 Å². The van der Waals surface area contributed by atoms with E-state index in [1.807, 2.05) is 0 Å². The zero-order valence-electron chi connectivity index (χ0n) is 7.69. The molecule has 0 aliphatic carbocycles. The quantitative estimate of drug-likeness (QED) is 0.670. The third kappa shape index (κ3) is 1.57. The summed E-state index contributed by atoms with van der Waals surface area (Å²) in [6.45, 7) is 0.684. The summed E-state index contributed by atoms with van der Waals surface area (Å²) in [4.78, 5) is 0. The van der Waals surface area contributed by atoms with E-state index < -0.39 is 11.6 Å². The molecule has 0 saturated carbocycles. The van der Waals surface area contributed by atoms with Crippen LogP contribution in [0.1, 0.15) is 24.4 Å². The molecule has 1 aromatic rings. The molecule has 0 aromatic heterocycles. The molecular weight excluding hydrogens is 186 g/mol. The van der Waals surface area contributed by atoms with Crippen molar-refractivity contribution in [1.29, 1.82) is 0 Å². The Hall–Kier alpha value is -1.16. The Morgan fingerprint density at radius 1 is 1.36 bits per heavy atom. The van der Waals surface area contributed by atoms with Crippen LogP contribution in [0, 0.1) is 11.6 Å². The van der Waals surface area contributed by atoms with Crippen LogP contribution < -0.4 is 11.1 Å². The molecule has 1 unspecified atom stereocenters. The molecule has 3 N–H and O–H groups in total. The molecule has 0 amide bonds. The summed E-state index contributed by atoms with van der Waals surface area (Å²) in [5, 5.41) is 2.93. The number of benzene rings is 1. The maximum atomic E-state index is 13.3. The molecule has 0 bridgehead atoms. The summed E-state index contributed by atoms with van der Waals surface area (Å²) in [5.74, 6) is -1.13. The fraction of sp³-hybridized carbons (Fsp3) is 0.400. The van der Waals surface area contributed by atoms with E-state index >= 15 is 0 Å². The summed E-state index contributed by atoms with van der Waals surface area (Å²) >= 11 is 0. The second-order valence-corrected chi connectivity index (χ2v) is 3.53. The summed E-state index contributed by atoms with van der Waals surface area (Å²) in [6.07, 6.45) is 1.62. The first-order valence-electron chi connectivity index (χ1n) is 4.67. The summed E-state index contributed by atoms with van der Waals surface area (Å²) in [5.41, 5.74) is 6.71. The molecule has 1 aromatic carbocycles. The van der Waals surface area contributed by atoms with E-state index in [1.165, 1.54) is 6.07 Å². The van der Waals surface area contributed by atoms with Gasteiger partial charge in [0.1, 0.15) is 11.6 Å². The van der Waals surface area contributed by atoms with Crippen LogP contribution in [0.4, 0.5) is 14.5 Å². The predicted octanol–water partition coefficient (Wildman–Crippen LogP) is 2.17. The molecule has 14 heavy (non-hydrogen) atoms. The van der Waals surface area contributed by atoms with E-state index in [9.17, 15) is 8.78 Å². The SMILES string of the molecule is NC1CCCNc2c(F)cc(F)cc21. The summed E-state index contributed by atoms with van der Waals surface area (Å²) in [7, 11) is 0. The Bertz CT molecular complexity index is 352. The molecule has 1 aliphatic rings. The van der Waals surface area contributed by atoms with Crippen molar-refractivity contribution in [3.63, 3.8) is 0 Å². The van der Waals surface area contributed by atoms with Gasteiger partial charge in [0.15, 0.2) is 0 Å². The number of rotatable bonds is 0. The largest absolute Gasteiger partial charge is 0.382 e. The molecule has 1 aliphatic heterocycles. The molecular formula is C10H12F2N2. The number of fused-ring (bicyclic) bond motifs is 1. The van der Waals surface area contributed by atoms with E-state index in [1.54, 1.807) is 0 Å². The number of nitrogens with one attached hydrogen (secondary N) is 1. The Labute approximate surface area is 81.1 Å². The highest BCUT2D eigenvalue weighted by molar-refractivity contribution is 5.54. The first-order chi connectivity index (χ1) is 6.68. The Balaban J connectivity index is 2.53. The van der Waals surface area contributed by atoms with E-state index in [2.05, 4.69) is 5.32 Å². The lowest BCUT2D eigenvalue weighted by molar-refractivity contribution is 0.575. The molecule has 0 radical (unpaired) electrons. The second-order valence-electron chi connectivity index (χ2n) is 3.53. The number of nitrogens with two attached hydrogens (primary N) is 1. The van der Waals surface area contributed by atoms with Crippen LogP contribution in [0.5, 0.6) is 0 Å². The van der Waals surface area contributed by atoms with Crippen molar-refractivity contribution < 1.29 is 8.78 Å². The minimum absolute atomic E-state index is 0.273. The van der Waals surface area contributed by atoms with Crippen molar-refractivity contribution >= 4 is 5.69 Å². The predicted molar refractivity (Wildman–Crippen MR) is 51.0 cm³/mol. The van der Waals surface area contributed by atoms with Crippen LogP contribution in [0.25, 0.3) is 0 Å². The minimum atomic E-state index is -0.569. The fourth-order valence-corrected chi connectivity index (χ4v) is 1.76. The van der Waals surface area contributed by atoms with Gasteiger partial charge in [-0.25, -0.2) is 8.78 Å². The van der Waals surface area contributed by atoms with Gasteiger partial charge in [-0.2, -0.15) is 0 Å². The Kier molecular flexibility index (Phi) is 2.37. The van der Waals surface area contributed by atoms with Crippen LogP contribution in [-0.4, -0.2) is 6.54 Å². The Morgan fingerprint density at radius 2 is 2.14 bits per heavy atom. The third-order valence-electron chi connectivity index (χ3n) is 2.48. The third-order valence-corrected chi connectivity index (χ3v) is 2.48. The van der Waals surface area contributed by atoms with Crippen molar-refractivity contribution in [2.45, 2.75) is 18.9 Å². The average molecular weight is 198 g/mol. The van der Waals surface area contributed by atoms with Crippen molar-refractivity contribution in [2.75, 3.05) is 11.9 Å². The molecule has 2 nitrogen and oxygen atoms in total. The zero-order valence-corrected chi connectivity index (χ0v) is 7.69. The average Bonchev–Trinajstić information content (AvgIpc) is 2.29. The monoisotopic (exact) mass is 198 g/mol. The van der Waals surface area contributed by atoms with Gasteiger partial charge in [0.05, 0.1) is 5.69 Å². The standard InChI is InChI=1S/C10H12F2N2/c11-6-4-7-9(13)2-1-3-14-10(7)8(12)5-6/h4-5,9,14H,1-3,13H2. The van der Waals surface area contributed by atoms with Gasteiger partial charge in [0.2, 0.25) is 0 Å². The van der Waals surface area contributed by atoms with E-state index in [0.29, 0.717) is 17.8 Å². The zero-order chi connectivity index (χ0) is 10.1. The number of hydrogen-bond donors (Lipinski definition) is 2. The fourth-order valence-electron chi connectivity index (χ4n) is 1.76. The molecule has 2 rings (SSSR count). The van der Waals surface area contributed by atoms with Gasteiger partial charge < -0.3 is 11.1 Å². The van der Waals surface area contributed by atoms with Crippen LogP contribution in [0.3, 0.4) is 0 Å². The van der Waals surface area contributed by atoms with Gasteiger partial charge in [0, 0.05) is 18.7 Å². The van der Waals surface area contributed by atoms with E-state index in [0.717, 1.165) is 18.9 Å². The van der Waals surface area contributed by atoms with E-state index in [4.69, 9.17) is 5.73 Å². The molecule has 0 fully saturated rings. The number of halogens is 2. The minimum Gasteiger partial charge on any atom is -0.382 e. The van der Waals surface area contributed by atoms with Crippen molar-refractivity contribution in [3.8, 4) is 0 Å². The molecule has 1 atom stereocenters. The second kappa shape index (κ2) is 3.53. The highest BCUT2D eigenvalue weighted by Gasteiger charge is 2.19. The maximum Gasteiger partial charge on any atom is 0.149 e. The van der Waals surface area contributed by atoms with Crippen LogP contribution in [0.15, 0.2) is 12.1 Å². The lowest BCUT2D eigenvalue weighted by Crippen LogP contribution is -2.10. The first-order valence-corrected chi connectivity index (χ1v) is 4.67. The lowest BCUT2D eigenvalue weighted by atomic mass is 10.0. The molecule has 4 heteroatoms. The van der Waals surface area contributed by atoms with Crippen LogP contribution >= 0.6 is 0 Å². The van der Waals surface area contributed by atoms with Gasteiger partial charge in [-0.15, -0.1) is 0 Å². The van der Waals surface area contributed by atoms with Crippen molar-refractivity contribution in [1.82, 2.24) is 0 Å². The molecule has 76 valence electrons. The Morgan fingerprint density at radius 3 is 2.93 bits per heavy atom. The smallest absolute Gasteiger partial charge is 0.149 e. The topological polar surface area (TPSA) is 38.0 Å². The summed E-state index contributed by atoms with van der Waals surface area (Å²) < 4.78 is 26.3. The maximum absolute atomic E-state index is 13.3. The van der Waals surface area contributed by atoms with Crippen molar-refractivity contribution in [2.24, 2.45) is 5.73 Å². The van der Waals surface area contributed by atoms with Crippen LogP contribution in [-0.2, 0) is 0 Å². The molecule has 0 spiro atoms. The van der Waals surface area contributed by atoms with Crippen LogP contribution in [0.2, 0.25) is 0 Å². The number of hydrogen-bond acceptors (Lipinski definition) is 2. The normalized spacial score (nSPS) is 20.9. The lowest BCUT2D eigenvalue weighted by Gasteiger charge is -2.13. The van der Waals surface area contributed by atoms with Gasteiger partial charge in [-0.1, -0.05) is 0 Å². The van der Waals surface area contributed by atoms with E-state index in [-0.39, 0.29) is 6.04 Å². The number of anilines is 1. The molecule has 1 heterocycles. The first kappa shape index (κ1) is 9.40. The summed E-state index contributed by atoms with van der Waals surface area (Å²) in [6, 6.07) is 1.91.